The maximum atomic E-state index is 8.98. The monoisotopic (exact) mass is 240 g/mol. The van der Waals surface area contributed by atoms with E-state index in [1.807, 2.05) is 0 Å². The van der Waals surface area contributed by atoms with Gasteiger partial charge in [0.1, 0.15) is 0 Å². The molecule has 0 aromatic carbocycles. The van der Waals surface area contributed by atoms with Crippen molar-refractivity contribution < 1.29 is 60.7 Å². The fourth-order valence-electron chi connectivity index (χ4n) is 1.12. The molecule has 0 bridgehead atoms. The van der Waals surface area contributed by atoms with Crippen LogP contribution >= 0.6 is 12.0 Å². The third kappa shape index (κ3) is 3.84. The Hall–Kier alpha value is 0.956. The van der Waals surface area contributed by atoms with Crippen molar-refractivity contribution in [2.75, 3.05) is 14.2 Å². The number of methoxy groups -OCH3 is 1. The van der Waals surface area contributed by atoms with E-state index < -0.39 is 0 Å². The van der Waals surface area contributed by atoms with Gasteiger partial charge in [-0.1, -0.05) is 0 Å². The van der Waals surface area contributed by atoms with Crippen LogP contribution in [0.2, 0.25) is 0 Å². The van der Waals surface area contributed by atoms with Gasteiger partial charge in [-0.05, 0) is 18.8 Å². The Morgan fingerprint density at radius 2 is 2.14 bits per heavy atom. The molecule has 1 aliphatic rings. The van der Waals surface area contributed by atoms with Gasteiger partial charge in [0.05, 0.1) is 12.0 Å². The minimum atomic E-state index is -0.0139. The third-order valence-corrected chi connectivity index (χ3v) is 2.52. The van der Waals surface area contributed by atoms with Crippen LogP contribution in [-0.4, -0.2) is 24.6 Å². The molecule has 14 heavy (non-hydrogen) atoms. The zero-order valence-corrected chi connectivity index (χ0v) is 12.6. The molecule has 0 radical (unpaired) electrons. The molecule has 1 rings (SSSR count). The van der Waals surface area contributed by atoms with Gasteiger partial charge in [-0.15, -0.1) is 12.7 Å². The van der Waals surface area contributed by atoms with Crippen molar-refractivity contribution in [1.82, 2.24) is 0 Å². The molecule has 0 aliphatic heterocycles. The Kier molecular flexibility index (Phi) is 7.76. The van der Waals surface area contributed by atoms with Gasteiger partial charge in [0.2, 0.25) is 5.90 Å². The summed E-state index contributed by atoms with van der Waals surface area (Å²) in [6.07, 6.45) is 2.18. The minimum absolute atomic E-state index is 0. The zero-order chi connectivity index (χ0) is 9.84. The minimum Gasteiger partial charge on any atom is -0.689 e. The molecule has 0 amide bonds. The van der Waals surface area contributed by atoms with Crippen molar-refractivity contribution >= 4 is 17.9 Å². The van der Waals surface area contributed by atoms with E-state index >= 15 is 0 Å². The molecule has 0 unspecified atom stereocenters. The van der Waals surface area contributed by atoms with E-state index in [4.69, 9.17) is 14.7 Å². The van der Waals surface area contributed by atoms with Gasteiger partial charge in [-0.3, -0.25) is 5.41 Å². The second kappa shape index (κ2) is 7.27. The molecule has 1 fully saturated rings. The first-order valence-corrected chi connectivity index (χ1v) is 4.80. The summed E-state index contributed by atoms with van der Waals surface area (Å²) >= 11 is 0.540. The number of nitrogens with one attached hydrogen (secondary N) is 1. The molecular formula is C8H13KN2O2S. The molecule has 0 saturated heterocycles. The summed E-state index contributed by atoms with van der Waals surface area (Å²) in [5.74, 6) is 0.398. The van der Waals surface area contributed by atoms with Crippen LogP contribution in [0, 0.1) is 11.3 Å². The van der Waals surface area contributed by atoms with E-state index in [2.05, 4.69) is 5.32 Å². The number of hydrogen-bond acceptors (Lipinski definition) is 4. The maximum absolute atomic E-state index is 8.98. The molecule has 0 aromatic rings. The molecule has 0 atom stereocenters. The number of nitrogens with zero attached hydrogens (tertiary/aromatic N) is 1. The summed E-state index contributed by atoms with van der Waals surface area (Å²) in [5.41, 5.74) is 0.791. The first-order chi connectivity index (χ1) is 6.24. The Morgan fingerprint density at radius 3 is 2.43 bits per heavy atom. The SMILES string of the molecule is C[N-]/C(=C(/SO)C(=N)OC)C1CC1.[K+]. The number of rotatable bonds is 4. The van der Waals surface area contributed by atoms with E-state index in [9.17, 15) is 0 Å². The number of allylic oxidation sites excluding steroid dienone is 1. The molecule has 0 aromatic heterocycles. The molecule has 1 aliphatic carbocycles. The van der Waals surface area contributed by atoms with Crippen LogP contribution in [0.3, 0.4) is 0 Å². The largest absolute Gasteiger partial charge is 1.00 e. The number of hydrogen-bond donors (Lipinski definition) is 2. The van der Waals surface area contributed by atoms with Crippen LogP contribution < -0.4 is 51.4 Å². The Labute approximate surface area is 131 Å². The van der Waals surface area contributed by atoms with Gasteiger partial charge < -0.3 is 14.6 Å². The van der Waals surface area contributed by atoms with Crippen LogP contribution in [0.5, 0.6) is 0 Å². The third-order valence-electron chi connectivity index (χ3n) is 1.94. The van der Waals surface area contributed by atoms with Crippen LogP contribution in [0.25, 0.3) is 5.32 Å². The van der Waals surface area contributed by atoms with Crippen molar-refractivity contribution in [3.05, 3.63) is 15.9 Å². The molecule has 0 heterocycles. The second-order valence-electron chi connectivity index (χ2n) is 2.84. The summed E-state index contributed by atoms with van der Waals surface area (Å²) in [5, 5.41) is 11.5. The average molecular weight is 240 g/mol. The van der Waals surface area contributed by atoms with Crippen molar-refractivity contribution in [3.8, 4) is 0 Å². The van der Waals surface area contributed by atoms with Crippen LogP contribution in [0.1, 0.15) is 12.8 Å². The smallest absolute Gasteiger partial charge is 0.689 e. The van der Waals surface area contributed by atoms with E-state index in [1.165, 1.54) is 7.11 Å². The molecule has 1 saturated carbocycles. The molecular weight excluding hydrogens is 227 g/mol. The normalized spacial score (nSPS) is 16.5. The molecule has 4 nitrogen and oxygen atoms in total. The fraction of sp³-hybridized carbons (Fsp3) is 0.625. The summed E-state index contributed by atoms with van der Waals surface area (Å²) in [4.78, 5) is 0.438. The van der Waals surface area contributed by atoms with E-state index in [-0.39, 0.29) is 57.3 Å². The Morgan fingerprint density at radius 1 is 1.57 bits per heavy atom. The second-order valence-corrected chi connectivity index (χ2v) is 3.43. The summed E-state index contributed by atoms with van der Waals surface area (Å²) in [7, 11) is 3.09. The molecule has 74 valence electrons. The van der Waals surface area contributed by atoms with Gasteiger partial charge in [-0.2, -0.15) is 0 Å². The summed E-state index contributed by atoms with van der Waals surface area (Å²) in [6.45, 7) is 0. The van der Waals surface area contributed by atoms with Gasteiger partial charge in [0.25, 0.3) is 0 Å². The predicted octanol–water partition coefficient (Wildman–Crippen LogP) is -0.555. The predicted molar refractivity (Wildman–Crippen MR) is 54.0 cm³/mol. The summed E-state index contributed by atoms with van der Waals surface area (Å²) in [6, 6.07) is 0. The average Bonchev–Trinajstić information content (AvgIpc) is 2.96. The van der Waals surface area contributed by atoms with Crippen molar-refractivity contribution in [1.29, 1.82) is 5.41 Å². The first-order valence-electron chi connectivity index (χ1n) is 4.03. The van der Waals surface area contributed by atoms with Gasteiger partial charge in [0, 0.05) is 12.0 Å². The first kappa shape index (κ1) is 15.0. The number of ether oxygens (including phenoxy) is 1. The summed E-state index contributed by atoms with van der Waals surface area (Å²) < 4.78 is 13.7. The quantitative estimate of drug-likeness (QED) is 0.300. The molecule has 0 spiro atoms. The van der Waals surface area contributed by atoms with E-state index in [0.717, 1.165) is 18.5 Å². The standard InChI is InChI=1S/C8H13N2O2S.K/c1-10-6(5-3-4-5)7(13-11)8(9)12-2;/h5,9,11H,3-4H2,1-2H3;/q-1;+1/b7-6+,9-8?;. The Balaban J connectivity index is 0.00000169. The van der Waals surface area contributed by atoms with Crippen LogP contribution in [0.4, 0.5) is 0 Å². The maximum Gasteiger partial charge on any atom is 1.00 e. The van der Waals surface area contributed by atoms with Crippen molar-refractivity contribution in [3.63, 3.8) is 0 Å². The van der Waals surface area contributed by atoms with Crippen LogP contribution in [-0.2, 0) is 4.74 Å². The van der Waals surface area contributed by atoms with Gasteiger partial charge in [0.15, 0.2) is 0 Å². The topological polar surface area (TPSA) is 67.4 Å². The van der Waals surface area contributed by atoms with Crippen molar-refractivity contribution in [2.24, 2.45) is 5.92 Å². The zero-order valence-electron chi connectivity index (χ0n) is 8.70. The molecule has 6 heteroatoms. The van der Waals surface area contributed by atoms with Gasteiger partial charge in [-0.25, -0.2) is 0 Å². The van der Waals surface area contributed by atoms with Crippen LogP contribution in [0.15, 0.2) is 10.6 Å². The molecule has 2 N–H and O–H groups in total. The van der Waals surface area contributed by atoms with Gasteiger partial charge >= 0.3 is 51.4 Å². The van der Waals surface area contributed by atoms with Crippen molar-refractivity contribution in [2.45, 2.75) is 12.8 Å². The van der Waals surface area contributed by atoms with E-state index in [0.29, 0.717) is 22.9 Å². The fourth-order valence-corrected chi connectivity index (χ4v) is 1.64. The van der Waals surface area contributed by atoms with E-state index in [1.54, 1.807) is 7.05 Å². The Bertz CT molecular complexity index is 241.